The number of aryl methyl sites for hydroxylation is 2. The summed E-state index contributed by atoms with van der Waals surface area (Å²) in [7, 11) is -3.48. The van der Waals surface area contributed by atoms with E-state index in [0.717, 1.165) is 30.0 Å². The molecule has 150 valence electrons. The van der Waals surface area contributed by atoms with Gasteiger partial charge < -0.3 is 9.88 Å². The van der Waals surface area contributed by atoms with Gasteiger partial charge in [-0.3, -0.25) is 4.79 Å². The Bertz CT molecular complexity index is 1120. The Hall–Kier alpha value is -2.93. The van der Waals surface area contributed by atoms with Crippen molar-refractivity contribution in [3.63, 3.8) is 0 Å². The quantitative estimate of drug-likeness (QED) is 0.692. The van der Waals surface area contributed by atoms with Crippen LogP contribution >= 0.6 is 0 Å². The maximum absolute atomic E-state index is 12.7. The van der Waals surface area contributed by atoms with Crippen molar-refractivity contribution in [3.05, 3.63) is 66.1 Å². The second-order valence-electron chi connectivity index (χ2n) is 7.12. The molecule has 0 saturated carbocycles. The number of nitrogens with zero attached hydrogens (tertiary/aromatic N) is 2. The Morgan fingerprint density at radius 2 is 1.86 bits per heavy atom. The van der Waals surface area contributed by atoms with Crippen molar-refractivity contribution in [1.29, 1.82) is 0 Å². The van der Waals surface area contributed by atoms with Crippen LogP contribution < -0.4 is 5.32 Å². The highest BCUT2D eigenvalue weighted by Crippen LogP contribution is 2.25. The van der Waals surface area contributed by atoms with E-state index in [9.17, 15) is 13.2 Å². The topological polar surface area (TPSA) is 81.1 Å². The van der Waals surface area contributed by atoms with E-state index in [4.69, 9.17) is 4.98 Å². The third kappa shape index (κ3) is 3.96. The molecule has 3 aromatic rings. The average molecular weight is 410 g/mol. The molecule has 29 heavy (non-hydrogen) atoms. The summed E-state index contributed by atoms with van der Waals surface area (Å²) in [5.41, 5.74) is 2.67. The molecule has 1 aliphatic rings. The fourth-order valence-corrected chi connectivity index (χ4v) is 4.65. The standard InChI is InChI=1S/C22H23N3O3S/c1-2-29(27,28)20-8-4-3-7-18(20)22(26)23-17-12-10-16(11-13-17)19-15-25-14-6-5-9-21(25)24-19/h3-4,7-8,10-13,15H,2,5-6,9,14H2,1H3,(H,23,26). The predicted molar refractivity (Wildman–Crippen MR) is 113 cm³/mol. The molecule has 6 nitrogen and oxygen atoms in total. The number of benzene rings is 2. The van der Waals surface area contributed by atoms with Crippen LogP contribution in [0.4, 0.5) is 5.69 Å². The highest BCUT2D eigenvalue weighted by molar-refractivity contribution is 7.91. The maximum Gasteiger partial charge on any atom is 0.256 e. The van der Waals surface area contributed by atoms with Gasteiger partial charge in [0, 0.05) is 30.4 Å². The first-order chi connectivity index (χ1) is 14.0. The van der Waals surface area contributed by atoms with Crippen molar-refractivity contribution in [1.82, 2.24) is 9.55 Å². The molecule has 0 radical (unpaired) electrons. The molecule has 0 bridgehead atoms. The fraction of sp³-hybridized carbons (Fsp3) is 0.273. The highest BCUT2D eigenvalue weighted by Gasteiger charge is 2.20. The third-order valence-corrected chi connectivity index (χ3v) is 6.98. The van der Waals surface area contributed by atoms with Crippen LogP contribution in [0.5, 0.6) is 0 Å². The average Bonchev–Trinajstić information content (AvgIpc) is 3.18. The van der Waals surface area contributed by atoms with E-state index in [2.05, 4.69) is 16.1 Å². The van der Waals surface area contributed by atoms with E-state index in [1.165, 1.54) is 25.0 Å². The number of fused-ring (bicyclic) bond motifs is 1. The van der Waals surface area contributed by atoms with Crippen LogP contribution in [0.2, 0.25) is 0 Å². The molecule has 1 N–H and O–H groups in total. The zero-order valence-electron chi connectivity index (χ0n) is 16.3. The van der Waals surface area contributed by atoms with Crippen molar-refractivity contribution >= 4 is 21.4 Å². The van der Waals surface area contributed by atoms with Gasteiger partial charge >= 0.3 is 0 Å². The van der Waals surface area contributed by atoms with Crippen molar-refractivity contribution in [2.24, 2.45) is 0 Å². The summed E-state index contributed by atoms with van der Waals surface area (Å²) in [5.74, 6) is 0.626. The molecule has 2 aromatic carbocycles. The summed E-state index contributed by atoms with van der Waals surface area (Å²) in [6.45, 7) is 2.58. The van der Waals surface area contributed by atoms with E-state index in [1.807, 2.05) is 24.3 Å². The molecule has 0 spiro atoms. The second-order valence-corrected chi connectivity index (χ2v) is 9.37. The van der Waals surface area contributed by atoms with Gasteiger partial charge in [0.15, 0.2) is 9.84 Å². The molecular formula is C22H23N3O3S. The summed E-state index contributed by atoms with van der Waals surface area (Å²) >= 11 is 0. The number of carbonyl (C=O) groups is 1. The normalized spacial score (nSPS) is 13.7. The lowest BCUT2D eigenvalue weighted by molar-refractivity contribution is 0.102. The minimum absolute atomic E-state index is 0.0549. The Morgan fingerprint density at radius 3 is 2.59 bits per heavy atom. The molecule has 0 fully saturated rings. The van der Waals surface area contributed by atoms with E-state index < -0.39 is 15.7 Å². The number of hydrogen-bond donors (Lipinski definition) is 1. The van der Waals surface area contributed by atoms with Gasteiger partial charge in [-0.1, -0.05) is 31.2 Å². The van der Waals surface area contributed by atoms with Crippen LogP contribution in [0.15, 0.2) is 59.6 Å². The summed E-state index contributed by atoms with van der Waals surface area (Å²) < 4.78 is 26.8. The van der Waals surface area contributed by atoms with E-state index in [1.54, 1.807) is 19.1 Å². The Kier molecular flexibility index (Phi) is 5.24. The molecule has 1 aliphatic heterocycles. The van der Waals surface area contributed by atoms with E-state index in [0.29, 0.717) is 5.69 Å². The van der Waals surface area contributed by atoms with Crippen molar-refractivity contribution < 1.29 is 13.2 Å². The number of nitrogens with one attached hydrogen (secondary N) is 1. The van der Waals surface area contributed by atoms with Gasteiger partial charge in [0.25, 0.3) is 5.91 Å². The smallest absolute Gasteiger partial charge is 0.256 e. The molecule has 2 heterocycles. The number of anilines is 1. The lowest BCUT2D eigenvalue weighted by atomic mass is 10.1. The number of sulfone groups is 1. The predicted octanol–water partition coefficient (Wildman–Crippen LogP) is 3.93. The van der Waals surface area contributed by atoms with Crippen LogP contribution in [0, 0.1) is 0 Å². The molecule has 0 atom stereocenters. The van der Waals surface area contributed by atoms with Crippen molar-refractivity contribution in [3.8, 4) is 11.3 Å². The molecule has 1 amide bonds. The minimum Gasteiger partial charge on any atom is -0.334 e. The van der Waals surface area contributed by atoms with Crippen molar-refractivity contribution in [2.45, 2.75) is 37.6 Å². The monoisotopic (exact) mass is 409 g/mol. The Balaban J connectivity index is 1.54. The second kappa shape index (κ2) is 7.83. The first kappa shape index (κ1) is 19.4. The Morgan fingerprint density at radius 1 is 1.10 bits per heavy atom. The van der Waals surface area contributed by atoms with Gasteiger partial charge in [0.2, 0.25) is 0 Å². The summed E-state index contributed by atoms with van der Waals surface area (Å²) in [5, 5.41) is 2.79. The SMILES string of the molecule is CCS(=O)(=O)c1ccccc1C(=O)Nc1ccc(-c2cn3c(n2)CCCC3)cc1. The minimum atomic E-state index is -3.48. The number of hydrogen-bond acceptors (Lipinski definition) is 4. The first-order valence-electron chi connectivity index (χ1n) is 9.77. The van der Waals surface area contributed by atoms with Crippen molar-refractivity contribution in [2.75, 3.05) is 11.1 Å². The largest absolute Gasteiger partial charge is 0.334 e. The number of aromatic nitrogens is 2. The summed E-state index contributed by atoms with van der Waals surface area (Å²) in [6.07, 6.45) is 5.45. The molecule has 0 saturated heterocycles. The molecule has 1 aromatic heterocycles. The first-order valence-corrected chi connectivity index (χ1v) is 11.4. The van der Waals surface area contributed by atoms with Gasteiger partial charge in [0.05, 0.1) is 21.9 Å². The fourth-order valence-electron chi connectivity index (χ4n) is 3.56. The van der Waals surface area contributed by atoms with Gasteiger partial charge in [0.1, 0.15) is 5.82 Å². The number of amides is 1. The van der Waals surface area contributed by atoms with Crippen LogP contribution in [-0.4, -0.2) is 29.6 Å². The molecule has 0 unspecified atom stereocenters. The van der Waals surface area contributed by atoms with Gasteiger partial charge in [-0.15, -0.1) is 0 Å². The molecule has 7 heteroatoms. The number of imidazole rings is 1. The lowest BCUT2D eigenvalue weighted by Gasteiger charge is -2.11. The van der Waals surface area contributed by atoms with Crippen LogP contribution in [-0.2, 0) is 22.8 Å². The molecular weight excluding hydrogens is 386 g/mol. The summed E-state index contributed by atoms with van der Waals surface area (Å²) in [4.78, 5) is 17.5. The third-order valence-electron chi connectivity index (χ3n) is 5.19. The van der Waals surface area contributed by atoms with Gasteiger partial charge in [-0.05, 0) is 37.1 Å². The number of rotatable bonds is 5. The summed E-state index contributed by atoms with van der Waals surface area (Å²) in [6, 6.07) is 13.7. The van der Waals surface area contributed by atoms with Gasteiger partial charge in [-0.2, -0.15) is 0 Å². The zero-order valence-corrected chi connectivity index (χ0v) is 17.1. The van der Waals surface area contributed by atoms with E-state index in [-0.39, 0.29) is 16.2 Å². The molecule has 0 aliphatic carbocycles. The van der Waals surface area contributed by atoms with Crippen LogP contribution in [0.25, 0.3) is 11.3 Å². The Labute approximate surface area is 170 Å². The van der Waals surface area contributed by atoms with Gasteiger partial charge in [-0.25, -0.2) is 13.4 Å². The zero-order chi connectivity index (χ0) is 20.4. The van der Waals surface area contributed by atoms with Crippen LogP contribution in [0.3, 0.4) is 0 Å². The lowest BCUT2D eigenvalue weighted by Crippen LogP contribution is -2.17. The van der Waals surface area contributed by atoms with Crippen LogP contribution in [0.1, 0.15) is 35.9 Å². The van der Waals surface area contributed by atoms with E-state index >= 15 is 0 Å². The number of carbonyl (C=O) groups excluding carboxylic acids is 1. The molecule has 4 rings (SSSR count). The highest BCUT2D eigenvalue weighted by atomic mass is 32.2. The maximum atomic E-state index is 12.7.